The van der Waals surface area contributed by atoms with Gasteiger partial charge in [0.15, 0.2) is 5.82 Å². The number of methoxy groups -OCH3 is 1. The van der Waals surface area contributed by atoms with E-state index in [-0.39, 0.29) is 17.9 Å². The van der Waals surface area contributed by atoms with Gasteiger partial charge < -0.3 is 15.0 Å². The summed E-state index contributed by atoms with van der Waals surface area (Å²) in [6, 6.07) is 14.6. The summed E-state index contributed by atoms with van der Waals surface area (Å²) in [6.07, 6.45) is 3.94. The fourth-order valence-corrected chi connectivity index (χ4v) is 4.39. The van der Waals surface area contributed by atoms with E-state index in [1.54, 1.807) is 7.11 Å². The number of nitrogens with zero attached hydrogens (tertiary/aromatic N) is 4. The van der Waals surface area contributed by atoms with E-state index in [2.05, 4.69) is 55.6 Å². The summed E-state index contributed by atoms with van der Waals surface area (Å²) in [6.45, 7) is 4.64. The Hall–Kier alpha value is -2.67. The van der Waals surface area contributed by atoms with E-state index in [1.807, 2.05) is 12.1 Å². The van der Waals surface area contributed by atoms with Gasteiger partial charge in [0.25, 0.3) is 0 Å². The number of amides is 1. The van der Waals surface area contributed by atoms with Gasteiger partial charge in [-0.25, -0.2) is 0 Å². The molecular formula is C23H31N5O2. The summed E-state index contributed by atoms with van der Waals surface area (Å²) in [5.74, 6) is 1.50. The zero-order valence-corrected chi connectivity index (χ0v) is 17.7. The van der Waals surface area contributed by atoms with Crippen LogP contribution in [0.5, 0.6) is 5.88 Å². The maximum absolute atomic E-state index is 12.9. The average Bonchev–Trinajstić information content (AvgIpc) is 2.81. The van der Waals surface area contributed by atoms with Crippen LogP contribution in [0.4, 0.5) is 5.82 Å². The van der Waals surface area contributed by atoms with Gasteiger partial charge in [-0.3, -0.25) is 9.69 Å². The zero-order valence-electron chi connectivity index (χ0n) is 17.7. The van der Waals surface area contributed by atoms with Gasteiger partial charge in [0.1, 0.15) is 0 Å². The third kappa shape index (κ3) is 5.27. The summed E-state index contributed by atoms with van der Waals surface area (Å²) in [5, 5.41) is 11.6. The summed E-state index contributed by atoms with van der Waals surface area (Å²) in [4.78, 5) is 17.5. The molecule has 2 aliphatic rings. The molecule has 0 aliphatic carbocycles. The molecule has 0 unspecified atom stereocenters. The van der Waals surface area contributed by atoms with Crippen molar-refractivity contribution in [2.45, 2.75) is 38.3 Å². The van der Waals surface area contributed by atoms with Crippen molar-refractivity contribution in [3.8, 4) is 5.88 Å². The number of carbonyl (C=O) groups is 1. The molecule has 30 heavy (non-hydrogen) atoms. The number of hydrogen-bond acceptors (Lipinski definition) is 6. The fourth-order valence-electron chi connectivity index (χ4n) is 4.39. The van der Waals surface area contributed by atoms with Crippen LogP contribution in [0.3, 0.4) is 0 Å². The Morgan fingerprint density at radius 3 is 2.57 bits per heavy atom. The minimum Gasteiger partial charge on any atom is -0.480 e. The van der Waals surface area contributed by atoms with Gasteiger partial charge in [0.05, 0.1) is 13.0 Å². The Morgan fingerprint density at radius 1 is 1.07 bits per heavy atom. The maximum Gasteiger partial charge on any atom is 0.233 e. The molecule has 2 saturated heterocycles. The van der Waals surface area contributed by atoms with Crippen molar-refractivity contribution in [1.82, 2.24) is 20.4 Å². The van der Waals surface area contributed by atoms with E-state index >= 15 is 0 Å². The van der Waals surface area contributed by atoms with Crippen LogP contribution in [0.15, 0.2) is 42.5 Å². The second-order valence-electron chi connectivity index (χ2n) is 8.26. The van der Waals surface area contributed by atoms with Gasteiger partial charge in [0.2, 0.25) is 11.8 Å². The molecule has 1 N–H and O–H groups in total. The molecule has 0 saturated carbocycles. The van der Waals surface area contributed by atoms with E-state index in [0.717, 1.165) is 57.7 Å². The average molecular weight is 410 g/mol. The number of carbonyl (C=O) groups excluding carboxylic acids is 1. The van der Waals surface area contributed by atoms with Crippen LogP contribution in [-0.4, -0.2) is 60.3 Å². The molecule has 7 nitrogen and oxygen atoms in total. The quantitative estimate of drug-likeness (QED) is 0.790. The fraction of sp³-hybridized carbons (Fsp3) is 0.522. The summed E-state index contributed by atoms with van der Waals surface area (Å²) >= 11 is 0. The van der Waals surface area contributed by atoms with Crippen LogP contribution in [0, 0.1) is 5.92 Å². The predicted octanol–water partition coefficient (Wildman–Crippen LogP) is 2.48. The molecule has 2 aromatic rings. The van der Waals surface area contributed by atoms with E-state index in [0.29, 0.717) is 12.4 Å². The largest absolute Gasteiger partial charge is 0.480 e. The van der Waals surface area contributed by atoms with E-state index in [9.17, 15) is 4.79 Å². The van der Waals surface area contributed by atoms with Crippen LogP contribution < -0.4 is 15.0 Å². The SMILES string of the molecule is COc1ccc(N2CCC[C@H](C(=O)NC3CCN(Cc4ccccc4)CC3)C2)nn1. The smallest absolute Gasteiger partial charge is 0.233 e. The third-order valence-corrected chi connectivity index (χ3v) is 6.13. The number of likely N-dealkylation sites (tertiary alicyclic amines) is 1. The first-order valence-corrected chi connectivity index (χ1v) is 10.9. The zero-order chi connectivity index (χ0) is 20.8. The first kappa shape index (κ1) is 20.6. The van der Waals surface area contributed by atoms with Gasteiger partial charge >= 0.3 is 0 Å². The highest BCUT2D eigenvalue weighted by molar-refractivity contribution is 5.79. The molecule has 1 amide bonds. The predicted molar refractivity (Wildman–Crippen MR) is 116 cm³/mol. The Morgan fingerprint density at radius 2 is 1.87 bits per heavy atom. The number of rotatable bonds is 6. The first-order chi connectivity index (χ1) is 14.7. The molecule has 4 rings (SSSR count). The van der Waals surface area contributed by atoms with Gasteiger partial charge in [-0.1, -0.05) is 30.3 Å². The van der Waals surface area contributed by atoms with Crippen LogP contribution in [0.25, 0.3) is 0 Å². The molecule has 0 radical (unpaired) electrons. The Bertz CT molecular complexity index is 806. The molecule has 0 spiro atoms. The Kier molecular flexibility index (Phi) is 6.79. The number of benzene rings is 1. The highest BCUT2D eigenvalue weighted by Gasteiger charge is 2.29. The number of ether oxygens (including phenoxy) is 1. The lowest BCUT2D eigenvalue weighted by molar-refractivity contribution is -0.126. The second kappa shape index (κ2) is 9.89. The molecule has 2 fully saturated rings. The minimum atomic E-state index is 0.00463. The molecule has 1 atom stereocenters. The molecule has 1 aromatic carbocycles. The standard InChI is InChI=1S/C23H31N5O2/c1-30-22-10-9-21(25-26-22)28-13-5-8-19(17-28)23(29)24-20-11-14-27(15-12-20)16-18-6-3-2-4-7-18/h2-4,6-7,9-10,19-20H,5,8,11-17H2,1H3,(H,24,29)/t19-/m0/s1. The van der Waals surface area contributed by atoms with Gasteiger partial charge in [-0.05, 0) is 37.3 Å². The Labute approximate surface area is 178 Å². The molecule has 3 heterocycles. The molecule has 2 aliphatic heterocycles. The number of hydrogen-bond donors (Lipinski definition) is 1. The van der Waals surface area contributed by atoms with Crippen LogP contribution in [-0.2, 0) is 11.3 Å². The van der Waals surface area contributed by atoms with Crippen LogP contribution in [0.1, 0.15) is 31.2 Å². The number of aromatic nitrogens is 2. The minimum absolute atomic E-state index is 0.00463. The van der Waals surface area contributed by atoms with Crippen molar-refractivity contribution in [3.05, 3.63) is 48.0 Å². The van der Waals surface area contributed by atoms with Crippen molar-refractivity contribution < 1.29 is 9.53 Å². The van der Waals surface area contributed by atoms with Crippen molar-refractivity contribution in [3.63, 3.8) is 0 Å². The summed E-state index contributed by atoms with van der Waals surface area (Å²) in [7, 11) is 1.58. The lowest BCUT2D eigenvalue weighted by atomic mass is 9.95. The molecule has 160 valence electrons. The monoisotopic (exact) mass is 409 g/mol. The number of anilines is 1. The normalized spacial score (nSPS) is 20.7. The van der Waals surface area contributed by atoms with Gasteiger partial charge in [-0.2, -0.15) is 0 Å². The van der Waals surface area contributed by atoms with Gasteiger partial charge in [-0.15, -0.1) is 10.2 Å². The lowest BCUT2D eigenvalue weighted by Crippen LogP contribution is -2.49. The highest BCUT2D eigenvalue weighted by Crippen LogP contribution is 2.23. The highest BCUT2D eigenvalue weighted by atomic mass is 16.5. The van der Waals surface area contributed by atoms with E-state index in [1.165, 1.54) is 5.56 Å². The van der Waals surface area contributed by atoms with Crippen molar-refractivity contribution >= 4 is 11.7 Å². The summed E-state index contributed by atoms with van der Waals surface area (Å²) in [5.41, 5.74) is 1.35. The number of nitrogens with one attached hydrogen (secondary N) is 1. The van der Waals surface area contributed by atoms with E-state index < -0.39 is 0 Å². The van der Waals surface area contributed by atoms with E-state index in [4.69, 9.17) is 4.74 Å². The summed E-state index contributed by atoms with van der Waals surface area (Å²) < 4.78 is 5.08. The number of piperidine rings is 2. The van der Waals surface area contributed by atoms with Crippen molar-refractivity contribution in [2.75, 3.05) is 38.2 Å². The first-order valence-electron chi connectivity index (χ1n) is 10.9. The third-order valence-electron chi connectivity index (χ3n) is 6.13. The van der Waals surface area contributed by atoms with Crippen molar-refractivity contribution in [2.24, 2.45) is 5.92 Å². The molecule has 1 aromatic heterocycles. The maximum atomic E-state index is 12.9. The lowest BCUT2D eigenvalue weighted by Gasteiger charge is -2.35. The Balaban J connectivity index is 1.24. The molecule has 7 heteroatoms. The molecular weight excluding hydrogens is 378 g/mol. The molecule has 0 bridgehead atoms. The van der Waals surface area contributed by atoms with Gasteiger partial charge in [0, 0.05) is 44.8 Å². The van der Waals surface area contributed by atoms with Crippen LogP contribution in [0.2, 0.25) is 0 Å². The topological polar surface area (TPSA) is 70.6 Å². The van der Waals surface area contributed by atoms with Crippen LogP contribution >= 0.6 is 0 Å². The van der Waals surface area contributed by atoms with Crippen molar-refractivity contribution in [1.29, 1.82) is 0 Å². The second-order valence-corrected chi connectivity index (χ2v) is 8.26.